The van der Waals surface area contributed by atoms with Gasteiger partial charge in [0.25, 0.3) is 0 Å². The van der Waals surface area contributed by atoms with Gasteiger partial charge in [0.15, 0.2) is 0 Å². The quantitative estimate of drug-likeness (QED) is 0.553. The molecule has 0 atom stereocenters. The number of rotatable bonds is 5. The number of esters is 1. The van der Waals surface area contributed by atoms with E-state index in [1.54, 1.807) is 0 Å². The lowest BCUT2D eigenvalue weighted by Gasteiger charge is -2.20. The standard InChI is InChI=1S/C18H26O2/c1-3-14(4-2)15-10-12-17(13-11-15)20-18(19)16-8-6-5-7-9-16/h10-14,16H,3-9H2,1-2H3. The zero-order valence-electron chi connectivity index (χ0n) is 12.7. The van der Waals surface area contributed by atoms with Crippen molar-refractivity contribution in [2.75, 3.05) is 0 Å². The molecule has 110 valence electrons. The van der Waals surface area contributed by atoms with E-state index in [0.29, 0.717) is 11.7 Å². The fraction of sp³-hybridized carbons (Fsp3) is 0.611. The van der Waals surface area contributed by atoms with Gasteiger partial charge in [-0.3, -0.25) is 4.79 Å². The molecule has 1 fully saturated rings. The van der Waals surface area contributed by atoms with Crippen LogP contribution in [0.25, 0.3) is 0 Å². The molecule has 0 aromatic heterocycles. The maximum Gasteiger partial charge on any atom is 0.314 e. The lowest BCUT2D eigenvalue weighted by Crippen LogP contribution is -2.22. The van der Waals surface area contributed by atoms with Gasteiger partial charge in [-0.1, -0.05) is 45.2 Å². The van der Waals surface area contributed by atoms with E-state index in [9.17, 15) is 4.79 Å². The van der Waals surface area contributed by atoms with Gasteiger partial charge in [-0.2, -0.15) is 0 Å². The first-order chi connectivity index (χ1) is 9.74. The fourth-order valence-corrected chi connectivity index (χ4v) is 3.11. The molecule has 0 saturated heterocycles. The Labute approximate surface area is 122 Å². The summed E-state index contributed by atoms with van der Waals surface area (Å²) in [6.45, 7) is 4.43. The lowest BCUT2D eigenvalue weighted by molar-refractivity contribution is -0.139. The summed E-state index contributed by atoms with van der Waals surface area (Å²) in [7, 11) is 0. The first-order valence-corrected chi connectivity index (χ1v) is 8.06. The van der Waals surface area contributed by atoms with Gasteiger partial charge in [-0.15, -0.1) is 0 Å². The Morgan fingerprint density at radius 2 is 1.70 bits per heavy atom. The third-order valence-corrected chi connectivity index (χ3v) is 4.49. The molecule has 0 N–H and O–H groups in total. The highest BCUT2D eigenvalue weighted by molar-refractivity contribution is 5.75. The van der Waals surface area contributed by atoms with Crippen molar-refractivity contribution in [3.05, 3.63) is 29.8 Å². The van der Waals surface area contributed by atoms with Gasteiger partial charge in [0.1, 0.15) is 5.75 Å². The third-order valence-electron chi connectivity index (χ3n) is 4.49. The Morgan fingerprint density at radius 1 is 1.10 bits per heavy atom. The summed E-state index contributed by atoms with van der Waals surface area (Å²) in [5, 5.41) is 0. The zero-order valence-corrected chi connectivity index (χ0v) is 12.7. The summed E-state index contributed by atoms with van der Waals surface area (Å²) in [5.74, 6) is 1.37. The molecule has 1 saturated carbocycles. The largest absolute Gasteiger partial charge is 0.426 e. The van der Waals surface area contributed by atoms with Crippen LogP contribution in [-0.2, 0) is 4.79 Å². The lowest BCUT2D eigenvalue weighted by atomic mass is 9.89. The van der Waals surface area contributed by atoms with Crippen LogP contribution in [0.5, 0.6) is 5.75 Å². The van der Waals surface area contributed by atoms with Gasteiger partial charge in [-0.25, -0.2) is 0 Å². The summed E-state index contributed by atoms with van der Waals surface area (Å²) >= 11 is 0. The highest BCUT2D eigenvalue weighted by Gasteiger charge is 2.22. The normalized spacial score (nSPS) is 16.4. The average molecular weight is 274 g/mol. The van der Waals surface area contributed by atoms with Crippen LogP contribution in [0, 0.1) is 5.92 Å². The highest BCUT2D eigenvalue weighted by Crippen LogP contribution is 2.27. The van der Waals surface area contributed by atoms with Gasteiger partial charge >= 0.3 is 5.97 Å². The molecule has 0 heterocycles. The Hall–Kier alpha value is -1.31. The topological polar surface area (TPSA) is 26.3 Å². The van der Waals surface area contributed by atoms with Crippen LogP contribution in [-0.4, -0.2) is 5.97 Å². The number of hydrogen-bond acceptors (Lipinski definition) is 2. The molecule has 20 heavy (non-hydrogen) atoms. The first kappa shape index (κ1) is 15.1. The number of carbonyl (C=O) groups is 1. The van der Waals surface area contributed by atoms with Crippen LogP contribution < -0.4 is 4.74 Å². The van der Waals surface area contributed by atoms with Crippen molar-refractivity contribution in [3.8, 4) is 5.75 Å². The number of carbonyl (C=O) groups excluding carboxylic acids is 1. The van der Waals surface area contributed by atoms with Crippen LogP contribution in [0.2, 0.25) is 0 Å². The van der Waals surface area contributed by atoms with Gasteiger partial charge in [0, 0.05) is 0 Å². The zero-order chi connectivity index (χ0) is 14.4. The molecular formula is C18H26O2. The third kappa shape index (κ3) is 3.84. The summed E-state index contributed by atoms with van der Waals surface area (Å²) < 4.78 is 5.52. The van der Waals surface area contributed by atoms with E-state index in [1.807, 2.05) is 12.1 Å². The van der Waals surface area contributed by atoms with Gasteiger partial charge in [0.05, 0.1) is 5.92 Å². The second-order valence-electron chi connectivity index (χ2n) is 5.84. The summed E-state index contributed by atoms with van der Waals surface area (Å²) in [5.41, 5.74) is 1.34. The molecule has 0 radical (unpaired) electrons. The monoisotopic (exact) mass is 274 g/mol. The molecular weight excluding hydrogens is 248 g/mol. The molecule has 0 aliphatic heterocycles. The van der Waals surface area contributed by atoms with Crippen LogP contribution in [0.15, 0.2) is 24.3 Å². The van der Waals surface area contributed by atoms with Crippen molar-refractivity contribution in [1.82, 2.24) is 0 Å². The number of ether oxygens (including phenoxy) is 1. The summed E-state index contributed by atoms with van der Waals surface area (Å²) in [6.07, 6.45) is 7.86. The molecule has 1 aromatic rings. The van der Waals surface area contributed by atoms with Crippen molar-refractivity contribution in [3.63, 3.8) is 0 Å². The van der Waals surface area contributed by atoms with E-state index < -0.39 is 0 Å². The molecule has 2 rings (SSSR count). The predicted molar refractivity (Wildman–Crippen MR) is 82.0 cm³/mol. The smallest absolute Gasteiger partial charge is 0.314 e. The van der Waals surface area contributed by atoms with Gasteiger partial charge in [0.2, 0.25) is 0 Å². The molecule has 1 aliphatic carbocycles. The molecule has 1 aliphatic rings. The molecule has 1 aromatic carbocycles. The number of hydrogen-bond donors (Lipinski definition) is 0. The maximum atomic E-state index is 12.1. The maximum absolute atomic E-state index is 12.1. The first-order valence-electron chi connectivity index (χ1n) is 8.06. The van der Waals surface area contributed by atoms with Crippen LogP contribution >= 0.6 is 0 Å². The second-order valence-corrected chi connectivity index (χ2v) is 5.84. The summed E-state index contributed by atoms with van der Waals surface area (Å²) in [6, 6.07) is 8.07. The Bertz CT molecular complexity index is 412. The van der Waals surface area contributed by atoms with Crippen LogP contribution in [0.1, 0.15) is 70.3 Å². The van der Waals surface area contributed by atoms with E-state index >= 15 is 0 Å². The van der Waals surface area contributed by atoms with Crippen molar-refractivity contribution in [1.29, 1.82) is 0 Å². The van der Waals surface area contributed by atoms with E-state index in [2.05, 4.69) is 26.0 Å². The Kier molecular flexibility index (Phi) is 5.63. The van der Waals surface area contributed by atoms with E-state index in [1.165, 1.54) is 12.0 Å². The van der Waals surface area contributed by atoms with E-state index in [0.717, 1.165) is 38.5 Å². The van der Waals surface area contributed by atoms with E-state index in [-0.39, 0.29) is 11.9 Å². The van der Waals surface area contributed by atoms with Crippen molar-refractivity contribution >= 4 is 5.97 Å². The SMILES string of the molecule is CCC(CC)c1ccc(OC(=O)C2CCCCC2)cc1. The minimum absolute atomic E-state index is 0.0417. The average Bonchev–Trinajstić information content (AvgIpc) is 2.51. The highest BCUT2D eigenvalue weighted by atomic mass is 16.5. The minimum atomic E-state index is -0.0417. The van der Waals surface area contributed by atoms with Gasteiger partial charge < -0.3 is 4.74 Å². The van der Waals surface area contributed by atoms with E-state index in [4.69, 9.17) is 4.74 Å². The van der Waals surface area contributed by atoms with Crippen molar-refractivity contribution < 1.29 is 9.53 Å². The second kappa shape index (κ2) is 7.47. The molecule has 0 bridgehead atoms. The summed E-state index contributed by atoms with van der Waals surface area (Å²) in [4.78, 5) is 12.1. The fourth-order valence-electron chi connectivity index (χ4n) is 3.11. The minimum Gasteiger partial charge on any atom is -0.426 e. The molecule has 0 amide bonds. The van der Waals surface area contributed by atoms with Crippen molar-refractivity contribution in [2.45, 2.75) is 64.7 Å². The number of benzene rings is 1. The van der Waals surface area contributed by atoms with Crippen molar-refractivity contribution in [2.24, 2.45) is 5.92 Å². The molecule has 0 spiro atoms. The van der Waals surface area contributed by atoms with Crippen LogP contribution in [0.4, 0.5) is 0 Å². The molecule has 2 heteroatoms. The molecule has 2 nitrogen and oxygen atoms in total. The Morgan fingerprint density at radius 3 is 2.25 bits per heavy atom. The predicted octanol–water partition coefficient (Wildman–Crippen LogP) is 5.08. The molecule has 0 unspecified atom stereocenters. The van der Waals surface area contributed by atoms with Crippen LogP contribution in [0.3, 0.4) is 0 Å². The Balaban J connectivity index is 1.94. The van der Waals surface area contributed by atoms with Gasteiger partial charge in [-0.05, 0) is 49.3 Å².